The van der Waals surface area contributed by atoms with Crippen LogP contribution in [0.1, 0.15) is 42.2 Å². The van der Waals surface area contributed by atoms with Gasteiger partial charge >= 0.3 is 5.97 Å². The molecule has 2 amide bonds. The van der Waals surface area contributed by atoms with Crippen LogP contribution in [0.2, 0.25) is 0 Å². The van der Waals surface area contributed by atoms with Crippen LogP contribution in [0, 0.1) is 6.92 Å². The van der Waals surface area contributed by atoms with E-state index in [4.69, 9.17) is 9.47 Å². The number of rotatable bonds is 8. The van der Waals surface area contributed by atoms with Gasteiger partial charge in [-0.3, -0.25) is 9.59 Å². The summed E-state index contributed by atoms with van der Waals surface area (Å²) in [6.07, 6.45) is 1.38. The van der Waals surface area contributed by atoms with Gasteiger partial charge in [0.05, 0.1) is 30.1 Å². The Kier molecular flexibility index (Phi) is 8.86. The molecule has 0 aliphatic heterocycles. The number of para-hydroxylation sites is 1. The van der Waals surface area contributed by atoms with E-state index < -0.39 is 11.9 Å². The largest absolute Gasteiger partial charge is 0.497 e. The first kappa shape index (κ1) is 27.3. The monoisotopic (exact) mass is 585 g/mol. The first-order valence-corrected chi connectivity index (χ1v) is 12.6. The molecule has 8 nitrogen and oxygen atoms in total. The van der Waals surface area contributed by atoms with Crippen molar-refractivity contribution in [2.45, 2.75) is 6.92 Å². The molecule has 4 aromatic carbocycles. The summed E-state index contributed by atoms with van der Waals surface area (Å²) in [7, 11) is 1.54. The summed E-state index contributed by atoms with van der Waals surface area (Å²) < 4.78 is 11.4. The SMILES string of the molecule is COc1ccc(C(=O)Nc2ccccc2C(=O)N/N=C\c2cc(Br)ccc2OC(=O)c2cccc(C)c2)cc1. The zero-order valence-corrected chi connectivity index (χ0v) is 22.7. The molecule has 0 atom stereocenters. The van der Waals surface area contributed by atoms with E-state index in [1.54, 1.807) is 92.0 Å². The molecule has 0 heterocycles. The topological polar surface area (TPSA) is 106 Å². The summed E-state index contributed by atoms with van der Waals surface area (Å²) in [5.74, 6) is -0.528. The van der Waals surface area contributed by atoms with E-state index >= 15 is 0 Å². The van der Waals surface area contributed by atoms with Crippen molar-refractivity contribution in [3.63, 3.8) is 0 Å². The molecule has 9 heteroatoms. The first-order valence-electron chi connectivity index (χ1n) is 11.8. The molecule has 4 rings (SSSR count). The van der Waals surface area contributed by atoms with E-state index in [2.05, 4.69) is 31.8 Å². The van der Waals surface area contributed by atoms with Gasteiger partial charge in [0.15, 0.2) is 0 Å². The Morgan fingerprint density at radius 1 is 0.846 bits per heavy atom. The molecule has 0 unspecified atom stereocenters. The lowest BCUT2D eigenvalue weighted by atomic mass is 10.1. The van der Waals surface area contributed by atoms with Crippen LogP contribution in [-0.2, 0) is 0 Å². The Bertz CT molecular complexity index is 1550. The van der Waals surface area contributed by atoms with Gasteiger partial charge in [0.25, 0.3) is 11.8 Å². The van der Waals surface area contributed by atoms with Crippen LogP contribution in [-0.4, -0.2) is 31.1 Å². The molecule has 196 valence electrons. The number of esters is 1. The number of hydrazone groups is 1. The second-order valence-electron chi connectivity index (χ2n) is 8.37. The molecule has 0 aromatic heterocycles. The summed E-state index contributed by atoms with van der Waals surface area (Å²) in [5, 5.41) is 6.80. The van der Waals surface area contributed by atoms with Crippen molar-refractivity contribution in [3.05, 3.63) is 123 Å². The molecule has 4 aromatic rings. The Labute approximate surface area is 233 Å². The summed E-state index contributed by atoms with van der Waals surface area (Å²) >= 11 is 3.40. The van der Waals surface area contributed by atoms with Crippen LogP contribution >= 0.6 is 15.9 Å². The second kappa shape index (κ2) is 12.7. The molecular formula is C30H24BrN3O5. The van der Waals surface area contributed by atoms with E-state index in [-0.39, 0.29) is 17.2 Å². The zero-order valence-electron chi connectivity index (χ0n) is 21.1. The molecule has 0 radical (unpaired) electrons. The van der Waals surface area contributed by atoms with Crippen LogP contribution in [0.15, 0.2) is 101 Å². The number of hydrogen-bond acceptors (Lipinski definition) is 6. The van der Waals surface area contributed by atoms with Gasteiger partial charge in [-0.2, -0.15) is 5.10 Å². The van der Waals surface area contributed by atoms with Crippen molar-refractivity contribution in [1.29, 1.82) is 0 Å². The lowest BCUT2D eigenvalue weighted by Gasteiger charge is -2.11. The second-order valence-corrected chi connectivity index (χ2v) is 9.28. The van der Waals surface area contributed by atoms with Crippen molar-refractivity contribution in [1.82, 2.24) is 5.43 Å². The van der Waals surface area contributed by atoms with Crippen molar-refractivity contribution in [3.8, 4) is 11.5 Å². The molecule has 0 saturated carbocycles. The van der Waals surface area contributed by atoms with Crippen LogP contribution in [0.3, 0.4) is 0 Å². The first-order chi connectivity index (χ1) is 18.8. The highest BCUT2D eigenvalue weighted by molar-refractivity contribution is 9.10. The van der Waals surface area contributed by atoms with E-state index in [1.807, 2.05) is 13.0 Å². The minimum Gasteiger partial charge on any atom is -0.497 e. The number of amides is 2. The number of carbonyl (C=O) groups excluding carboxylic acids is 3. The zero-order chi connectivity index (χ0) is 27.8. The highest BCUT2D eigenvalue weighted by Crippen LogP contribution is 2.23. The number of benzene rings is 4. The van der Waals surface area contributed by atoms with Gasteiger partial charge in [0.1, 0.15) is 11.5 Å². The summed E-state index contributed by atoms with van der Waals surface area (Å²) in [4.78, 5) is 38.3. The predicted octanol–water partition coefficient (Wildman–Crippen LogP) is 6.00. The van der Waals surface area contributed by atoms with Crippen molar-refractivity contribution in [2.24, 2.45) is 5.10 Å². The van der Waals surface area contributed by atoms with E-state index in [9.17, 15) is 14.4 Å². The molecular weight excluding hydrogens is 562 g/mol. The number of nitrogens with zero attached hydrogens (tertiary/aromatic N) is 1. The Morgan fingerprint density at radius 3 is 2.36 bits per heavy atom. The van der Waals surface area contributed by atoms with E-state index in [0.29, 0.717) is 28.1 Å². The van der Waals surface area contributed by atoms with Gasteiger partial charge in [0.2, 0.25) is 0 Å². The Morgan fingerprint density at radius 2 is 1.62 bits per heavy atom. The van der Waals surface area contributed by atoms with Crippen molar-refractivity contribution < 1.29 is 23.9 Å². The molecule has 0 spiro atoms. The van der Waals surface area contributed by atoms with Crippen LogP contribution in [0.5, 0.6) is 11.5 Å². The maximum Gasteiger partial charge on any atom is 0.343 e. The van der Waals surface area contributed by atoms with Gasteiger partial charge in [-0.25, -0.2) is 10.2 Å². The summed E-state index contributed by atoms with van der Waals surface area (Å²) in [6.45, 7) is 1.89. The average molecular weight is 586 g/mol. The molecule has 0 aliphatic rings. The van der Waals surface area contributed by atoms with Crippen LogP contribution in [0.25, 0.3) is 0 Å². The lowest BCUT2D eigenvalue weighted by molar-refractivity contribution is 0.0733. The summed E-state index contributed by atoms with van der Waals surface area (Å²) in [6, 6.07) is 25.3. The number of halogens is 1. The Hall–Kier alpha value is -4.76. The van der Waals surface area contributed by atoms with E-state index in [0.717, 1.165) is 10.0 Å². The number of hydrogen-bond donors (Lipinski definition) is 2. The standard InChI is InChI=1S/C30H24BrN3O5/c1-19-6-5-7-21(16-19)30(37)39-27-15-12-23(31)17-22(27)18-32-34-29(36)25-8-3-4-9-26(25)33-28(35)20-10-13-24(38-2)14-11-20/h3-18H,1-2H3,(H,33,35)(H,34,36)/b32-18-. The number of anilines is 1. The maximum atomic E-state index is 12.9. The van der Waals surface area contributed by atoms with Crippen molar-refractivity contribution in [2.75, 3.05) is 12.4 Å². The third-order valence-electron chi connectivity index (χ3n) is 5.57. The third-order valence-corrected chi connectivity index (χ3v) is 6.06. The van der Waals surface area contributed by atoms with Gasteiger partial charge in [-0.05, 0) is 73.7 Å². The predicted molar refractivity (Wildman–Crippen MR) is 153 cm³/mol. The molecule has 0 bridgehead atoms. The Balaban J connectivity index is 1.46. The fourth-order valence-corrected chi connectivity index (χ4v) is 3.97. The fraction of sp³-hybridized carbons (Fsp3) is 0.0667. The smallest absolute Gasteiger partial charge is 0.343 e. The van der Waals surface area contributed by atoms with Gasteiger partial charge in [-0.15, -0.1) is 0 Å². The van der Waals surface area contributed by atoms with Crippen LogP contribution in [0.4, 0.5) is 5.69 Å². The summed E-state index contributed by atoms with van der Waals surface area (Å²) in [5.41, 5.74) is 5.23. The molecule has 0 fully saturated rings. The van der Waals surface area contributed by atoms with Gasteiger partial charge in [-0.1, -0.05) is 45.8 Å². The minimum atomic E-state index is -0.537. The normalized spacial score (nSPS) is 10.6. The van der Waals surface area contributed by atoms with E-state index in [1.165, 1.54) is 6.21 Å². The molecule has 2 N–H and O–H groups in total. The molecule has 0 aliphatic carbocycles. The number of aryl methyl sites for hydroxylation is 1. The van der Waals surface area contributed by atoms with Crippen molar-refractivity contribution >= 4 is 45.6 Å². The molecule has 0 saturated heterocycles. The highest BCUT2D eigenvalue weighted by atomic mass is 79.9. The number of carbonyl (C=O) groups is 3. The number of nitrogens with one attached hydrogen (secondary N) is 2. The maximum absolute atomic E-state index is 12.9. The number of methoxy groups -OCH3 is 1. The van der Waals surface area contributed by atoms with Gasteiger partial charge < -0.3 is 14.8 Å². The van der Waals surface area contributed by atoms with Gasteiger partial charge in [0, 0.05) is 15.6 Å². The fourth-order valence-electron chi connectivity index (χ4n) is 3.59. The average Bonchev–Trinajstić information content (AvgIpc) is 2.94. The molecule has 39 heavy (non-hydrogen) atoms. The third kappa shape index (κ3) is 7.18. The minimum absolute atomic E-state index is 0.219. The number of ether oxygens (including phenoxy) is 2. The lowest BCUT2D eigenvalue weighted by Crippen LogP contribution is -2.21. The highest BCUT2D eigenvalue weighted by Gasteiger charge is 2.15. The quantitative estimate of drug-likeness (QED) is 0.114. The van der Waals surface area contributed by atoms with Crippen LogP contribution < -0.4 is 20.2 Å².